The van der Waals surface area contributed by atoms with Gasteiger partial charge in [-0.05, 0) is 24.6 Å². The average molecular weight is 399 g/mol. The first kappa shape index (κ1) is 18.2. The zero-order valence-corrected chi connectivity index (χ0v) is 15.7. The van der Waals surface area contributed by atoms with Gasteiger partial charge in [-0.3, -0.25) is 0 Å². The summed E-state index contributed by atoms with van der Waals surface area (Å²) in [7, 11) is 0. The van der Waals surface area contributed by atoms with E-state index in [0.717, 1.165) is 5.56 Å². The molecule has 6 nitrogen and oxygen atoms in total. The highest BCUT2D eigenvalue weighted by molar-refractivity contribution is 6.31. The summed E-state index contributed by atoms with van der Waals surface area (Å²) in [6, 6.07) is 12.8. The van der Waals surface area contributed by atoms with Gasteiger partial charge in [0.25, 0.3) is 0 Å². The van der Waals surface area contributed by atoms with Crippen LogP contribution in [0.5, 0.6) is 0 Å². The second kappa shape index (κ2) is 7.44. The number of esters is 1. The molecule has 4 rings (SSSR count). The Morgan fingerprint density at radius 2 is 2.04 bits per heavy atom. The first-order valence-electron chi connectivity index (χ1n) is 8.58. The number of aromatic nitrogens is 3. The molecule has 2 aromatic carbocycles. The molecule has 0 saturated heterocycles. The van der Waals surface area contributed by atoms with Crippen LogP contribution < -0.4 is 5.32 Å². The minimum absolute atomic E-state index is 0.0956. The molecule has 0 radical (unpaired) electrons. The Kier molecular flexibility index (Phi) is 4.83. The van der Waals surface area contributed by atoms with Crippen molar-refractivity contribution < 1.29 is 13.9 Å². The number of nitrogens with zero attached hydrogens (tertiary/aromatic N) is 3. The quantitative estimate of drug-likeness (QED) is 0.670. The summed E-state index contributed by atoms with van der Waals surface area (Å²) in [5.74, 6) is -0.734. The molecular weight excluding hydrogens is 383 g/mol. The zero-order valence-electron chi connectivity index (χ0n) is 14.9. The third-order valence-electron chi connectivity index (χ3n) is 4.50. The minimum atomic E-state index is -0.893. The molecule has 1 N–H and O–H groups in total. The Bertz CT molecular complexity index is 1040. The van der Waals surface area contributed by atoms with Gasteiger partial charge in [0.05, 0.1) is 5.57 Å². The monoisotopic (exact) mass is 398 g/mol. The molecule has 0 unspecified atom stereocenters. The molecule has 1 aliphatic heterocycles. The molecule has 0 saturated carbocycles. The smallest absolute Gasteiger partial charge is 0.338 e. The Morgan fingerprint density at radius 1 is 1.25 bits per heavy atom. The second-order valence-electron chi connectivity index (χ2n) is 6.29. The van der Waals surface area contributed by atoms with Crippen LogP contribution in [0, 0.1) is 5.82 Å². The second-order valence-corrected chi connectivity index (χ2v) is 6.70. The van der Waals surface area contributed by atoms with E-state index >= 15 is 0 Å². The molecule has 142 valence electrons. The van der Waals surface area contributed by atoms with E-state index in [1.165, 1.54) is 23.1 Å². The number of hydrogen-bond donors (Lipinski definition) is 1. The molecule has 0 bridgehead atoms. The van der Waals surface area contributed by atoms with Crippen LogP contribution in [0.2, 0.25) is 5.02 Å². The van der Waals surface area contributed by atoms with Gasteiger partial charge in [0, 0.05) is 16.3 Å². The molecule has 8 heteroatoms. The lowest BCUT2D eigenvalue weighted by atomic mass is 9.95. The molecular formula is C20H16ClFN4O2. The number of carbonyl (C=O) groups is 1. The lowest BCUT2D eigenvalue weighted by Crippen LogP contribution is -2.30. The number of fused-ring (bicyclic) bond motifs is 1. The van der Waals surface area contributed by atoms with Crippen LogP contribution >= 0.6 is 11.6 Å². The van der Waals surface area contributed by atoms with Crippen molar-refractivity contribution >= 4 is 23.5 Å². The number of ether oxygens (including phenoxy) is 1. The number of rotatable bonds is 4. The number of anilines is 1. The summed E-state index contributed by atoms with van der Waals surface area (Å²) in [6.45, 7) is 1.80. The minimum Gasteiger partial charge on any atom is -0.457 e. The number of carbonyl (C=O) groups excluding carboxylic acids is 1. The number of benzene rings is 2. The Hall–Kier alpha value is -3.19. The van der Waals surface area contributed by atoms with Crippen LogP contribution in [0.15, 0.2) is 66.1 Å². The van der Waals surface area contributed by atoms with Gasteiger partial charge in [-0.15, -0.1) is 0 Å². The van der Waals surface area contributed by atoms with E-state index in [0.29, 0.717) is 11.6 Å². The summed E-state index contributed by atoms with van der Waals surface area (Å²) in [5, 5.41) is 7.36. The maximum Gasteiger partial charge on any atom is 0.338 e. The highest BCUT2D eigenvalue weighted by Gasteiger charge is 2.37. The topological polar surface area (TPSA) is 69.0 Å². The fraction of sp³-hybridized carbons (Fsp3) is 0.150. The molecule has 3 aromatic rings. The fourth-order valence-electron chi connectivity index (χ4n) is 3.20. The normalized spacial score (nSPS) is 15.8. The molecule has 0 spiro atoms. The summed E-state index contributed by atoms with van der Waals surface area (Å²) < 4.78 is 21.6. The highest BCUT2D eigenvalue weighted by atomic mass is 35.5. The van der Waals surface area contributed by atoms with Crippen molar-refractivity contribution in [3.8, 4) is 0 Å². The van der Waals surface area contributed by atoms with Crippen LogP contribution in [0.1, 0.15) is 24.1 Å². The summed E-state index contributed by atoms with van der Waals surface area (Å²) in [5.41, 5.74) is 1.71. The average Bonchev–Trinajstić information content (AvgIpc) is 3.14. The molecule has 1 aromatic heterocycles. The third-order valence-corrected chi connectivity index (χ3v) is 4.83. The van der Waals surface area contributed by atoms with Gasteiger partial charge in [0.2, 0.25) is 5.95 Å². The molecule has 1 aliphatic rings. The standard InChI is InChI=1S/C20H16ClFN4O2/c1-12-16(19(27)28-10-13-6-3-2-4-7-13)18(26-20(25-12)23-11-24-26)17-14(21)8-5-9-15(17)22/h2-9,11,18H,10H2,1H3,(H,23,24,25)/t18-/m0/s1. The number of allylic oxidation sites excluding steroid dienone is 1. The predicted octanol–water partition coefficient (Wildman–Crippen LogP) is 4.10. The van der Waals surface area contributed by atoms with Crippen LogP contribution in [0.25, 0.3) is 0 Å². The highest BCUT2D eigenvalue weighted by Crippen LogP contribution is 2.39. The molecule has 1 atom stereocenters. The van der Waals surface area contributed by atoms with Crippen molar-refractivity contribution in [3.05, 3.63) is 88.1 Å². The number of halogens is 2. The van der Waals surface area contributed by atoms with Gasteiger partial charge in [-0.2, -0.15) is 10.1 Å². The Morgan fingerprint density at radius 3 is 2.79 bits per heavy atom. The Balaban J connectivity index is 1.74. The number of hydrogen-bond acceptors (Lipinski definition) is 5. The zero-order chi connectivity index (χ0) is 19.7. The van der Waals surface area contributed by atoms with Crippen LogP contribution in [0.4, 0.5) is 10.3 Å². The van der Waals surface area contributed by atoms with Crippen molar-refractivity contribution in [2.45, 2.75) is 19.6 Å². The van der Waals surface area contributed by atoms with Gasteiger partial charge in [-0.25, -0.2) is 13.9 Å². The predicted molar refractivity (Wildman–Crippen MR) is 102 cm³/mol. The molecule has 2 heterocycles. The van der Waals surface area contributed by atoms with Gasteiger partial charge in [0.15, 0.2) is 0 Å². The molecule has 0 aliphatic carbocycles. The fourth-order valence-corrected chi connectivity index (χ4v) is 3.46. The van der Waals surface area contributed by atoms with Crippen LogP contribution in [-0.2, 0) is 16.1 Å². The van der Waals surface area contributed by atoms with Crippen LogP contribution in [0.3, 0.4) is 0 Å². The van der Waals surface area contributed by atoms with E-state index in [-0.39, 0.29) is 22.8 Å². The van der Waals surface area contributed by atoms with E-state index in [2.05, 4.69) is 15.4 Å². The van der Waals surface area contributed by atoms with Crippen molar-refractivity contribution in [3.63, 3.8) is 0 Å². The molecule has 28 heavy (non-hydrogen) atoms. The van der Waals surface area contributed by atoms with Crippen LogP contribution in [-0.4, -0.2) is 20.7 Å². The lowest BCUT2D eigenvalue weighted by molar-refractivity contribution is -0.140. The third kappa shape index (κ3) is 3.25. The van der Waals surface area contributed by atoms with Crippen molar-refractivity contribution in [2.75, 3.05) is 5.32 Å². The van der Waals surface area contributed by atoms with Gasteiger partial charge in [0.1, 0.15) is 24.8 Å². The van der Waals surface area contributed by atoms with Crippen molar-refractivity contribution in [2.24, 2.45) is 0 Å². The van der Waals surface area contributed by atoms with E-state index in [4.69, 9.17) is 16.3 Å². The van der Waals surface area contributed by atoms with E-state index in [1.54, 1.807) is 13.0 Å². The number of nitrogens with one attached hydrogen (secondary N) is 1. The van der Waals surface area contributed by atoms with E-state index in [1.807, 2.05) is 30.3 Å². The SMILES string of the molecule is CC1=C(C(=O)OCc2ccccc2)[C@@H](c2c(F)cccc2Cl)n2ncnc2N1. The molecule has 0 fully saturated rings. The molecule has 0 amide bonds. The largest absolute Gasteiger partial charge is 0.457 e. The van der Waals surface area contributed by atoms with E-state index in [9.17, 15) is 9.18 Å². The first-order chi connectivity index (χ1) is 13.6. The van der Waals surface area contributed by atoms with Gasteiger partial charge in [-0.1, -0.05) is 48.0 Å². The maximum absolute atomic E-state index is 14.7. The summed E-state index contributed by atoms with van der Waals surface area (Å²) >= 11 is 6.29. The van der Waals surface area contributed by atoms with Gasteiger partial charge >= 0.3 is 5.97 Å². The lowest BCUT2D eigenvalue weighted by Gasteiger charge is -2.29. The summed E-state index contributed by atoms with van der Waals surface area (Å²) in [6.07, 6.45) is 1.33. The Labute approximate surface area is 165 Å². The van der Waals surface area contributed by atoms with E-state index < -0.39 is 17.8 Å². The van der Waals surface area contributed by atoms with Gasteiger partial charge < -0.3 is 10.1 Å². The van der Waals surface area contributed by atoms with Crippen molar-refractivity contribution in [1.29, 1.82) is 0 Å². The summed E-state index contributed by atoms with van der Waals surface area (Å²) in [4.78, 5) is 17.1. The first-order valence-corrected chi connectivity index (χ1v) is 8.96. The maximum atomic E-state index is 14.7. The van der Waals surface area contributed by atoms with Crippen molar-refractivity contribution in [1.82, 2.24) is 14.8 Å².